The van der Waals surface area contributed by atoms with Gasteiger partial charge in [-0.15, -0.1) is 12.3 Å². The van der Waals surface area contributed by atoms with Crippen molar-refractivity contribution in [1.29, 1.82) is 0 Å². The molecule has 0 heterocycles. The average molecular weight is 375 g/mol. The van der Waals surface area contributed by atoms with Gasteiger partial charge in [-0.25, -0.2) is 4.79 Å². The van der Waals surface area contributed by atoms with Crippen LogP contribution in [0.5, 0.6) is 0 Å². The summed E-state index contributed by atoms with van der Waals surface area (Å²) in [5.41, 5.74) is 0.349. The maximum absolute atomic E-state index is 11.9. The maximum Gasteiger partial charge on any atom is 0.327 e. The molecule has 1 rings (SSSR count). The van der Waals surface area contributed by atoms with Crippen LogP contribution in [-0.4, -0.2) is 23.0 Å². The van der Waals surface area contributed by atoms with Gasteiger partial charge in [-0.05, 0) is 34.1 Å². The van der Waals surface area contributed by atoms with Crippen LogP contribution in [0.15, 0.2) is 27.1 Å². The van der Waals surface area contributed by atoms with Gasteiger partial charge in [0.25, 0.3) is 5.91 Å². The van der Waals surface area contributed by atoms with Crippen molar-refractivity contribution in [2.45, 2.75) is 12.5 Å². The molecule has 0 saturated carbocycles. The molecule has 4 nitrogen and oxygen atoms in total. The van der Waals surface area contributed by atoms with Gasteiger partial charge in [-0.3, -0.25) is 4.79 Å². The highest BCUT2D eigenvalue weighted by molar-refractivity contribution is 9.11. The Hall–Kier alpha value is -1.32. The molecule has 0 aliphatic rings. The van der Waals surface area contributed by atoms with Crippen molar-refractivity contribution in [3.05, 3.63) is 32.7 Å². The maximum atomic E-state index is 11.9. The minimum Gasteiger partial charge on any atom is -0.480 e. The Morgan fingerprint density at radius 3 is 2.61 bits per heavy atom. The minimum atomic E-state index is -1.16. The zero-order chi connectivity index (χ0) is 13.7. The number of aliphatic carboxylic acids is 1. The Kier molecular flexibility index (Phi) is 5.38. The number of rotatable bonds is 4. The van der Waals surface area contributed by atoms with Crippen molar-refractivity contribution in [2.75, 3.05) is 0 Å². The summed E-state index contributed by atoms with van der Waals surface area (Å²) in [6.45, 7) is 0. The topological polar surface area (TPSA) is 66.4 Å². The molecule has 2 N–H and O–H groups in total. The third-order valence-corrected chi connectivity index (χ3v) is 3.25. The fourth-order valence-electron chi connectivity index (χ4n) is 1.23. The molecule has 1 aromatic rings. The third kappa shape index (κ3) is 3.86. The van der Waals surface area contributed by atoms with Gasteiger partial charge in [0.15, 0.2) is 0 Å². The lowest BCUT2D eigenvalue weighted by molar-refractivity contribution is -0.139. The van der Waals surface area contributed by atoms with Crippen molar-refractivity contribution >= 4 is 43.7 Å². The molecule has 0 radical (unpaired) electrons. The summed E-state index contributed by atoms with van der Waals surface area (Å²) in [5.74, 6) is 0.568. The lowest BCUT2D eigenvalue weighted by atomic mass is 10.1. The van der Waals surface area contributed by atoms with Crippen LogP contribution in [-0.2, 0) is 4.79 Å². The first-order valence-electron chi connectivity index (χ1n) is 4.88. The van der Waals surface area contributed by atoms with Crippen molar-refractivity contribution in [2.24, 2.45) is 0 Å². The molecule has 0 aromatic heterocycles. The normalized spacial score (nSPS) is 11.4. The monoisotopic (exact) mass is 373 g/mol. The van der Waals surface area contributed by atoms with E-state index >= 15 is 0 Å². The quantitative estimate of drug-likeness (QED) is 0.795. The number of benzene rings is 1. The summed E-state index contributed by atoms with van der Waals surface area (Å²) >= 11 is 6.50. The zero-order valence-corrected chi connectivity index (χ0v) is 12.3. The Morgan fingerprint density at radius 2 is 2.11 bits per heavy atom. The smallest absolute Gasteiger partial charge is 0.327 e. The van der Waals surface area contributed by atoms with E-state index < -0.39 is 17.9 Å². The third-order valence-electron chi connectivity index (χ3n) is 2.10. The van der Waals surface area contributed by atoms with Gasteiger partial charge in [-0.1, -0.05) is 15.9 Å². The molecule has 1 unspecified atom stereocenters. The molecule has 0 aliphatic carbocycles. The van der Waals surface area contributed by atoms with Crippen LogP contribution < -0.4 is 5.32 Å². The van der Waals surface area contributed by atoms with Gasteiger partial charge in [0.05, 0.1) is 5.56 Å². The standard InChI is InChI=1S/C12H9Br2NO3/c1-2-3-10(12(17)18)15-11(16)8-5-4-7(13)6-9(8)14/h1,4-6,10H,3H2,(H,15,16)(H,17,18). The number of carbonyl (C=O) groups excluding carboxylic acids is 1. The highest BCUT2D eigenvalue weighted by Gasteiger charge is 2.20. The highest BCUT2D eigenvalue weighted by atomic mass is 79.9. The second kappa shape index (κ2) is 6.57. The van der Waals surface area contributed by atoms with E-state index in [2.05, 4.69) is 43.1 Å². The van der Waals surface area contributed by atoms with Gasteiger partial charge in [0.2, 0.25) is 0 Å². The fraction of sp³-hybridized carbons (Fsp3) is 0.167. The Bertz CT molecular complexity index is 523. The van der Waals surface area contributed by atoms with Gasteiger partial charge in [0, 0.05) is 15.4 Å². The number of carboxylic acid groups (broad SMARTS) is 1. The number of terminal acetylenes is 1. The van der Waals surface area contributed by atoms with Crippen LogP contribution in [0.3, 0.4) is 0 Å². The van der Waals surface area contributed by atoms with Crippen LogP contribution in [0.2, 0.25) is 0 Å². The Labute approximate surface area is 121 Å². The molecule has 0 fully saturated rings. The van der Waals surface area contributed by atoms with Gasteiger partial charge >= 0.3 is 5.97 Å². The van der Waals surface area contributed by atoms with Crippen molar-refractivity contribution in [3.8, 4) is 12.3 Å². The second-order valence-corrected chi connectivity index (χ2v) is 5.17. The summed E-state index contributed by atoms with van der Waals surface area (Å²) in [6, 6.07) is 3.89. The number of hydrogen-bond donors (Lipinski definition) is 2. The minimum absolute atomic E-state index is 0.0603. The molecule has 1 amide bonds. The first-order chi connectivity index (χ1) is 8.45. The molecule has 1 aromatic carbocycles. The van der Waals surface area contributed by atoms with E-state index in [1.165, 1.54) is 0 Å². The van der Waals surface area contributed by atoms with Gasteiger partial charge < -0.3 is 10.4 Å². The number of amides is 1. The largest absolute Gasteiger partial charge is 0.480 e. The molecule has 18 heavy (non-hydrogen) atoms. The Morgan fingerprint density at radius 1 is 1.44 bits per heavy atom. The van der Waals surface area contributed by atoms with E-state index in [4.69, 9.17) is 11.5 Å². The summed E-state index contributed by atoms with van der Waals surface area (Å²) in [5, 5.41) is 11.3. The predicted molar refractivity (Wildman–Crippen MR) is 74.2 cm³/mol. The SMILES string of the molecule is C#CCC(NC(=O)c1ccc(Br)cc1Br)C(=O)O. The van der Waals surface area contributed by atoms with E-state index in [1.54, 1.807) is 18.2 Å². The first kappa shape index (κ1) is 14.7. The summed E-state index contributed by atoms with van der Waals surface area (Å²) in [4.78, 5) is 22.7. The second-order valence-electron chi connectivity index (χ2n) is 3.40. The Balaban J connectivity index is 2.87. The zero-order valence-electron chi connectivity index (χ0n) is 9.11. The fourth-order valence-corrected chi connectivity index (χ4v) is 2.45. The number of carboxylic acids is 1. The molecule has 94 valence electrons. The van der Waals surface area contributed by atoms with Crippen molar-refractivity contribution in [3.63, 3.8) is 0 Å². The molecule has 0 spiro atoms. The predicted octanol–water partition coefficient (Wildman–Crippen LogP) is 2.42. The number of halogens is 2. The van der Waals surface area contributed by atoms with E-state index in [0.717, 1.165) is 4.47 Å². The number of hydrogen-bond acceptors (Lipinski definition) is 2. The lowest BCUT2D eigenvalue weighted by Gasteiger charge is -2.12. The van der Waals surface area contributed by atoms with Crippen LogP contribution in [0, 0.1) is 12.3 Å². The highest BCUT2D eigenvalue weighted by Crippen LogP contribution is 2.21. The van der Waals surface area contributed by atoms with Gasteiger partial charge in [0.1, 0.15) is 6.04 Å². The summed E-state index contributed by atoms with van der Waals surface area (Å²) in [7, 11) is 0. The lowest BCUT2D eigenvalue weighted by Crippen LogP contribution is -2.40. The molecule has 1 atom stereocenters. The van der Waals surface area contributed by atoms with Crippen LogP contribution in [0.1, 0.15) is 16.8 Å². The summed E-state index contributed by atoms with van der Waals surface area (Å²) in [6.07, 6.45) is 4.99. The van der Waals surface area contributed by atoms with Crippen LogP contribution in [0.25, 0.3) is 0 Å². The molecule has 0 aliphatic heterocycles. The summed E-state index contributed by atoms with van der Waals surface area (Å²) < 4.78 is 1.38. The molecular formula is C12H9Br2NO3. The van der Waals surface area contributed by atoms with E-state index in [-0.39, 0.29) is 6.42 Å². The first-order valence-corrected chi connectivity index (χ1v) is 6.46. The van der Waals surface area contributed by atoms with Crippen molar-refractivity contribution in [1.82, 2.24) is 5.32 Å². The van der Waals surface area contributed by atoms with Crippen molar-refractivity contribution < 1.29 is 14.7 Å². The average Bonchev–Trinajstić information content (AvgIpc) is 2.27. The molecule has 0 saturated heterocycles. The van der Waals surface area contributed by atoms with Gasteiger partial charge in [-0.2, -0.15) is 0 Å². The van der Waals surface area contributed by atoms with E-state index in [0.29, 0.717) is 10.0 Å². The van der Waals surface area contributed by atoms with Crippen LogP contribution in [0.4, 0.5) is 0 Å². The number of nitrogens with one attached hydrogen (secondary N) is 1. The molecule has 0 bridgehead atoms. The van der Waals surface area contributed by atoms with E-state index in [1.807, 2.05) is 0 Å². The van der Waals surface area contributed by atoms with Crippen LogP contribution >= 0.6 is 31.9 Å². The molecule has 6 heteroatoms. The molecular weight excluding hydrogens is 366 g/mol. The number of carbonyl (C=O) groups is 2. The van der Waals surface area contributed by atoms with E-state index in [9.17, 15) is 9.59 Å².